The summed E-state index contributed by atoms with van der Waals surface area (Å²) in [6, 6.07) is 1.91. The van der Waals surface area contributed by atoms with Crippen molar-refractivity contribution >= 4 is 28.1 Å². The van der Waals surface area contributed by atoms with Crippen LogP contribution in [0.4, 0.5) is 0 Å². The Hall–Kier alpha value is -3.13. The van der Waals surface area contributed by atoms with Crippen molar-refractivity contribution in [2.75, 3.05) is 0 Å². The quantitative estimate of drug-likeness (QED) is 0.570. The third kappa shape index (κ3) is 2.95. The molecule has 4 aromatic heterocycles. The molecule has 0 saturated heterocycles. The number of nitrogens with zero attached hydrogens (tertiary/aromatic N) is 5. The monoisotopic (exact) mass is 392 g/mol. The number of rotatable bonds is 4. The number of nitrogens with two attached hydrogens (primary N) is 1. The van der Waals surface area contributed by atoms with Crippen LogP contribution in [0, 0.1) is 13.8 Å². The first-order valence-corrected chi connectivity index (χ1v) is 9.81. The Kier molecular flexibility index (Phi) is 4.43. The van der Waals surface area contributed by atoms with Gasteiger partial charge in [-0.1, -0.05) is 13.8 Å². The molecule has 0 aliphatic carbocycles. The summed E-state index contributed by atoms with van der Waals surface area (Å²) in [7, 11) is 0. The highest BCUT2D eigenvalue weighted by molar-refractivity contribution is 7.13. The lowest BCUT2D eigenvalue weighted by atomic mass is 10.0. The Labute approximate surface area is 166 Å². The fraction of sp³-hybridized carbons (Fsp3) is 0.250. The molecule has 0 spiro atoms. The first-order valence-electron chi connectivity index (χ1n) is 8.93. The van der Waals surface area contributed by atoms with Crippen LogP contribution < -0.4 is 5.73 Å². The molecule has 0 bridgehead atoms. The molecular weight excluding hydrogens is 372 g/mol. The summed E-state index contributed by atoms with van der Waals surface area (Å²) in [4.78, 5) is 30.2. The molecule has 28 heavy (non-hydrogen) atoms. The molecule has 0 aliphatic rings. The van der Waals surface area contributed by atoms with Crippen molar-refractivity contribution in [2.45, 2.75) is 33.6 Å². The van der Waals surface area contributed by atoms with Gasteiger partial charge in [-0.05, 0) is 31.4 Å². The van der Waals surface area contributed by atoms with Crippen molar-refractivity contribution < 1.29 is 4.79 Å². The van der Waals surface area contributed by atoms with E-state index >= 15 is 0 Å². The fourth-order valence-corrected chi connectivity index (χ4v) is 4.03. The average molecular weight is 392 g/mol. The van der Waals surface area contributed by atoms with Gasteiger partial charge in [-0.3, -0.25) is 9.78 Å². The van der Waals surface area contributed by atoms with E-state index in [4.69, 9.17) is 10.7 Å². The Morgan fingerprint density at radius 3 is 2.64 bits per heavy atom. The van der Waals surface area contributed by atoms with E-state index in [0.29, 0.717) is 27.9 Å². The Morgan fingerprint density at radius 2 is 2.00 bits per heavy atom. The minimum atomic E-state index is -0.559. The summed E-state index contributed by atoms with van der Waals surface area (Å²) in [5.41, 5.74) is 9.48. The summed E-state index contributed by atoms with van der Waals surface area (Å²) >= 11 is 1.47. The van der Waals surface area contributed by atoms with Gasteiger partial charge < -0.3 is 10.3 Å². The highest BCUT2D eigenvalue weighted by Crippen LogP contribution is 2.31. The minimum absolute atomic E-state index is 0.286. The van der Waals surface area contributed by atoms with Crippen molar-refractivity contribution in [2.24, 2.45) is 5.73 Å². The third-order valence-corrected chi connectivity index (χ3v) is 5.57. The van der Waals surface area contributed by atoms with Gasteiger partial charge in [0.1, 0.15) is 5.56 Å². The zero-order valence-corrected chi connectivity index (χ0v) is 16.9. The lowest BCUT2D eigenvalue weighted by Crippen LogP contribution is -2.19. The molecule has 4 rings (SSSR count). The van der Waals surface area contributed by atoms with E-state index in [0.717, 1.165) is 22.2 Å². The number of aryl methyl sites for hydroxylation is 2. The standard InChI is InChI=1S/C20H20N6OS/c1-10(2)14-8-26(15-5-6-22-7-13(14)15)19-16(17(21)27)12(4)24-18(25-19)20-23-11(3)9-28-20/h5-10H,1-4H3,(H2,21,27). The molecule has 142 valence electrons. The van der Waals surface area contributed by atoms with Crippen molar-refractivity contribution in [3.8, 4) is 16.6 Å². The fourth-order valence-electron chi connectivity index (χ4n) is 3.31. The molecule has 2 N–H and O–H groups in total. The molecule has 0 atom stereocenters. The number of hydrogen-bond donors (Lipinski definition) is 1. The minimum Gasteiger partial charge on any atom is -0.365 e. The maximum absolute atomic E-state index is 12.2. The number of fused-ring (bicyclic) bond motifs is 1. The van der Waals surface area contributed by atoms with Gasteiger partial charge in [0.05, 0.1) is 11.2 Å². The molecule has 8 heteroatoms. The predicted octanol–water partition coefficient (Wildman–Crippen LogP) is 3.78. The zero-order valence-electron chi connectivity index (χ0n) is 16.1. The molecular formula is C20H20N6OS. The molecule has 1 amide bonds. The lowest BCUT2D eigenvalue weighted by molar-refractivity contribution is 0.0999. The molecule has 4 heterocycles. The Bertz CT molecular complexity index is 1210. The number of hydrogen-bond acceptors (Lipinski definition) is 6. The second-order valence-corrected chi connectivity index (χ2v) is 7.85. The predicted molar refractivity (Wildman–Crippen MR) is 110 cm³/mol. The summed E-state index contributed by atoms with van der Waals surface area (Å²) in [5, 5.41) is 3.68. The molecule has 0 aliphatic heterocycles. The van der Waals surface area contributed by atoms with Crippen molar-refractivity contribution in [3.63, 3.8) is 0 Å². The molecule has 4 aromatic rings. The van der Waals surface area contributed by atoms with Crippen LogP contribution in [0.2, 0.25) is 0 Å². The van der Waals surface area contributed by atoms with Crippen LogP contribution in [0.25, 0.3) is 27.6 Å². The van der Waals surface area contributed by atoms with E-state index in [1.165, 1.54) is 11.3 Å². The van der Waals surface area contributed by atoms with Crippen molar-refractivity contribution in [3.05, 3.63) is 52.6 Å². The van der Waals surface area contributed by atoms with Crippen LogP contribution in [0.5, 0.6) is 0 Å². The summed E-state index contributed by atoms with van der Waals surface area (Å²) in [5.74, 6) is 0.675. The number of pyridine rings is 1. The topological polar surface area (TPSA) is 99.6 Å². The highest BCUT2D eigenvalue weighted by Gasteiger charge is 2.22. The number of carbonyl (C=O) groups excluding carboxylic acids is 1. The second kappa shape index (κ2) is 6.79. The summed E-state index contributed by atoms with van der Waals surface area (Å²) in [6.07, 6.45) is 5.57. The van der Waals surface area contributed by atoms with Gasteiger partial charge in [0.25, 0.3) is 5.91 Å². The third-order valence-electron chi connectivity index (χ3n) is 4.61. The van der Waals surface area contributed by atoms with Crippen LogP contribution in [0.1, 0.15) is 47.1 Å². The first-order chi connectivity index (χ1) is 13.4. The second-order valence-electron chi connectivity index (χ2n) is 6.99. The van der Waals surface area contributed by atoms with Crippen molar-refractivity contribution in [1.29, 1.82) is 0 Å². The van der Waals surface area contributed by atoms with Gasteiger partial charge >= 0.3 is 0 Å². The molecule has 0 aromatic carbocycles. The Balaban J connectivity index is 2.05. The van der Waals surface area contributed by atoms with Gasteiger partial charge in [0.2, 0.25) is 0 Å². The highest BCUT2D eigenvalue weighted by atomic mass is 32.1. The van der Waals surface area contributed by atoms with Crippen LogP contribution in [-0.2, 0) is 0 Å². The maximum atomic E-state index is 12.2. The number of thiazole rings is 1. The first kappa shape index (κ1) is 18.2. The van der Waals surface area contributed by atoms with Gasteiger partial charge in [-0.15, -0.1) is 11.3 Å². The van der Waals surface area contributed by atoms with E-state index in [9.17, 15) is 4.79 Å². The van der Waals surface area contributed by atoms with Gasteiger partial charge in [-0.2, -0.15) is 0 Å². The van der Waals surface area contributed by atoms with Crippen LogP contribution >= 0.6 is 11.3 Å². The smallest absolute Gasteiger partial charge is 0.254 e. The maximum Gasteiger partial charge on any atom is 0.254 e. The van der Waals surface area contributed by atoms with E-state index in [1.54, 1.807) is 13.1 Å². The SMILES string of the molecule is Cc1csc(-c2nc(C)c(C(N)=O)c(-n3cc(C(C)C)c4cnccc43)n2)n1. The number of carbonyl (C=O) groups is 1. The molecule has 0 radical (unpaired) electrons. The number of aromatic nitrogens is 5. The average Bonchev–Trinajstić information content (AvgIpc) is 3.24. The van der Waals surface area contributed by atoms with Crippen LogP contribution in [-0.4, -0.2) is 30.4 Å². The lowest BCUT2D eigenvalue weighted by Gasteiger charge is -2.12. The Morgan fingerprint density at radius 1 is 1.21 bits per heavy atom. The molecule has 7 nitrogen and oxygen atoms in total. The summed E-state index contributed by atoms with van der Waals surface area (Å²) in [6.45, 7) is 7.94. The zero-order chi connectivity index (χ0) is 20.0. The van der Waals surface area contributed by atoms with Crippen LogP contribution in [0.3, 0.4) is 0 Å². The number of primary amides is 1. The largest absolute Gasteiger partial charge is 0.365 e. The molecule has 0 unspecified atom stereocenters. The van der Waals surface area contributed by atoms with E-state index in [-0.39, 0.29) is 5.92 Å². The molecule has 0 fully saturated rings. The van der Waals surface area contributed by atoms with Gasteiger partial charge in [0.15, 0.2) is 16.6 Å². The summed E-state index contributed by atoms with van der Waals surface area (Å²) < 4.78 is 1.91. The normalized spacial score (nSPS) is 11.5. The van der Waals surface area contributed by atoms with E-state index < -0.39 is 5.91 Å². The van der Waals surface area contributed by atoms with Gasteiger partial charge in [-0.25, -0.2) is 15.0 Å². The van der Waals surface area contributed by atoms with Crippen molar-refractivity contribution in [1.82, 2.24) is 24.5 Å². The van der Waals surface area contributed by atoms with Crippen LogP contribution in [0.15, 0.2) is 30.0 Å². The number of amides is 1. The molecule has 0 saturated carbocycles. The van der Waals surface area contributed by atoms with E-state index in [2.05, 4.69) is 28.8 Å². The van der Waals surface area contributed by atoms with Gasteiger partial charge in [0, 0.05) is 35.1 Å². The van der Waals surface area contributed by atoms with E-state index in [1.807, 2.05) is 35.3 Å².